The van der Waals surface area contributed by atoms with Gasteiger partial charge in [-0.05, 0) is 43.2 Å². The number of amides is 1. The van der Waals surface area contributed by atoms with Gasteiger partial charge in [0.05, 0.1) is 11.9 Å². The zero-order chi connectivity index (χ0) is 13.1. The fourth-order valence-corrected chi connectivity index (χ4v) is 2.86. The van der Waals surface area contributed by atoms with Gasteiger partial charge in [-0.15, -0.1) is 12.4 Å². The summed E-state index contributed by atoms with van der Waals surface area (Å²) in [6.45, 7) is 4.49. The molecule has 0 spiro atoms. The minimum absolute atomic E-state index is 0. The number of nitrogens with one attached hydrogen (secondary N) is 1. The molecule has 0 saturated heterocycles. The van der Waals surface area contributed by atoms with Crippen LogP contribution in [0.2, 0.25) is 0 Å². The van der Waals surface area contributed by atoms with Crippen LogP contribution in [-0.4, -0.2) is 16.9 Å². The summed E-state index contributed by atoms with van der Waals surface area (Å²) in [5.74, 6) is 1.26. The molecule has 2 unspecified atom stereocenters. The lowest BCUT2D eigenvalue weighted by Gasteiger charge is -2.31. The van der Waals surface area contributed by atoms with Crippen molar-refractivity contribution in [2.24, 2.45) is 11.8 Å². The first-order valence-corrected chi connectivity index (χ1v) is 6.57. The second kappa shape index (κ2) is 6.75. The Morgan fingerprint density at radius 3 is 2.42 bits per heavy atom. The number of hydrogen-bond donors (Lipinski definition) is 2. The van der Waals surface area contributed by atoms with E-state index in [0.29, 0.717) is 23.2 Å². The van der Waals surface area contributed by atoms with Gasteiger partial charge in [-0.2, -0.15) is 0 Å². The molecule has 1 saturated carbocycles. The molecule has 1 fully saturated rings. The summed E-state index contributed by atoms with van der Waals surface area (Å²) in [5.41, 5.74) is 6.57. The second-order valence-corrected chi connectivity index (χ2v) is 5.56. The molecule has 1 aromatic rings. The summed E-state index contributed by atoms with van der Waals surface area (Å²) in [7, 11) is 0. The molecule has 0 bridgehead atoms. The van der Waals surface area contributed by atoms with Crippen molar-refractivity contribution in [2.75, 3.05) is 5.73 Å². The number of anilines is 1. The van der Waals surface area contributed by atoms with Gasteiger partial charge in [0.25, 0.3) is 5.91 Å². The summed E-state index contributed by atoms with van der Waals surface area (Å²) >= 11 is 0. The van der Waals surface area contributed by atoms with Crippen molar-refractivity contribution in [3.8, 4) is 0 Å². The van der Waals surface area contributed by atoms with E-state index in [1.807, 2.05) is 0 Å². The van der Waals surface area contributed by atoms with E-state index in [2.05, 4.69) is 24.1 Å². The Morgan fingerprint density at radius 1 is 1.26 bits per heavy atom. The van der Waals surface area contributed by atoms with Crippen molar-refractivity contribution in [3.05, 3.63) is 24.0 Å². The van der Waals surface area contributed by atoms with Crippen LogP contribution in [0, 0.1) is 11.8 Å². The highest BCUT2D eigenvalue weighted by atomic mass is 35.5. The van der Waals surface area contributed by atoms with Gasteiger partial charge in [-0.3, -0.25) is 4.79 Å². The smallest absolute Gasteiger partial charge is 0.270 e. The topological polar surface area (TPSA) is 68.0 Å². The van der Waals surface area contributed by atoms with Crippen LogP contribution >= 0.6 is 12.4 Å². The monoisotopic (exact) mass is 283 g/mol. The molecule has 106 valence electrons. The van der Waals surface area contributed by atoms with E-state index in [-0.39, 0.29) is 24.4 Å². The summed E-state index contributed by atoms with van der Waals surface area (Å²) in [6.07, 6.45) is 4.89. The highest BCUT2D eigenvalue weighted by Crippen LogP contribution is 2.28. The molecule has 3 N–H and O–H groups in total. The van der Waals surface area contributed by atoms with Gasteiger partial charge in [0.15, 0.2) is 0 Å². The van der Waals surface area contributed by atoms with Crippen LogP contribution in [-0.2, 0) is 0 Å². The van der Waals surface area contributed by atoms with Crippen molar-refractivity contribution >= 4 is 24.0 Å². The normalized spacial score (nSPS) is 26.3. The number of nitrogens with two attached hydrogens (primary N) is 1. The molecule has 1 heterocycles. The van der Waals surface area contributed by atoms with E-state index in [0.717, 1.165) is 12.8 Å². The van der Waals surface area contributed by atoms with Gasteiger partial charge in [-0.1, -0.05) is 13.8 Å². The van der Waals surface area contributed by atoms with Crippen LogP contribution in [0.15, 0.2) is 18.3 Å². The van der Waals surface area contributed by atoms with Crippen molar-refractivity contribution in [2.45, 2.75) is 39.2 Å². The zero-order valence-corrected chi connectivity index (χ0v) is 12.2. The van der Waals surface area contributed by atoms with Crippen LogP contribution in [0.3, 0.4) is 0 Å². The van der Waals surface area contributed by atoms with Gasteiger partial charge >= 0.3 is 0 Å². The Hall–Kier alpha value is -1.29. The Kier molecular flexibility index (Phi) is 5.60. The van der Waals surface area contributed by atoms with Crippen molar-refractivity contribution in [1.82, 2.24) is 10.3 Å². The van der Waals surface area contributed by atoms with E-state index in [4.69, 9.17) is 5.73 Å². The molecule has 19 heavy (non-hydrogen) atoms. The van der Waals surface area contributed by atoms with Gasteiger partial charge in [0.2, 0.25) is 0 Å². The number of nitrogens with zero attached hydrogens (tertiary/aromatic N) is 1. The lowest BCUT2D eigenvalue weighted by molar-refractivity contribution is 0.0906. The molecule has 0 radical (unpaired) electrons. The molecular formula is C14H22ClN3O. The maximum atomic E-state index is 12.0. The Bertz CT molecular complexity index is 411. The average molecular weight is 284 g/mol. The van der Waals surface area contributed by atoms with E-state index in [9.17, 15) is 4.79 Å². The second-order valence-electron chi connectivity index (χ2n) is 5.56. The van der Waals surface area contributed by atoms with Crippen molar-refractivity contribution < 1.29 is 4.79 Å². The summed E-state index contributed by atoms with van der Waals surface area (Å²) in [5, 5.41) is 3.07. The Balaban J connectivity index is 0.00000180. The van der Waals surface area contributed by atoms with E-state index >= 15 is 0 Å². The van der Waals surface area contributed by atoms with E-state index < -0.39 is 0 Å². The van der Waals surface area contributed by atoms with Crippen LogP contribution in [0.25, 0.3) is 0 Å². The summed E-state index contributed by atoms with van der Waals surface area (Å²) < 4.78 is 0. The molecule has 4 nitrogen and oxygen atoms in total. The number of halogens is 1. The number of pyridine rings is 1. The largest absolute Gasteiger partial charge is 0.397 e. The highest BCUT2D eigenvalue weighted by Gasteiger charge is 2.25. The molecular weight excluding hydrogens is 262 g/mol. The summed E-state index contributed by atoms with van der Waals surface area (Å²) in [4.78, 5) is 16.1. The number of carbonyl (C=O) groups excluding carboxylic acids is 1. The number of hydrogen-bond acceptors (Lipinski definition) is 3. The van der Waals surface area contributed by atoms with E-state index in [1.54, 1.807) is 12.1 Å². The molecule has 1 aliphatic carbocycles. The first kappa shape index (κ1) is 15.8. The molecule has 2 atom stereocenters. The molecule has 1 amide bonds. The van der Waals surface area contributed by atoms with Crippen LogP contribution < -0.4 is 11.1 Å². The van der Waals surface area contributed by atoms with Crippen molar-refractivity contribution in [1.29, 1.82) is 0 Å². The fourth-order valence-electron chi connectivity index (χ4n) is 2.86. The first-order valence-electron chi connectivity index (χ1n) is 6.57. The van der Waals surface area contributed by atoms with Crippen LogP contribution in [0.4, 0.5) is 5.69 Å². The maximum absolute atomic E-state index is 12.0. The molecule has 2 rings (SSSR count). The number of rotatable bonds is 2. The minimum atomic E-state index is -0.0960. The maximum Gasteiger partial charge on any atom is 0.270 e. The third kappa shape index (κ3) is 4.39. The molecule has 5 heteroatoms. The van der Waals surface area contributed by atoms with Crippen LogP contribution in [0.5, 0.6) is 0 Å². The minimum Gasteiger partial charge on any atom is -0.397 e. The first-order chi connectivity index (χ1) is 8.54. The number of nitrogen functional groups attached to an aromatic ring is 1. The summed E-state index contributed by atoms with van der Waals surface area (Å²) in [6, 6.07) is 3.64. The highest BCUT2D eigenvalue weighted by molar-refractivity contribution is 5.92. The standard InChI is InChI=1S/C14H21N3O.ClH/c1-9-5-10(2)7-12(6-9)17-14(18)13-4-3-11(15)8-16-13;/h3-4,8-10,12H,5-7,15H2,1-2H3,(H,17,18);1H. The lowest BCUT2D eigenvalue weighted by atomic mass is 9.80. The lowest BCUT2D eigenvalue weighted by Crippen LogP contribution is -2.40. The Morgan fingerprint density at radius 2 is 1.89 bits per heavy atom. The zero-order valence-electron chi connectivity index (χ0n) is 11.4. The molecule has 0 aliphatic heterocycles. The van der Waals surface area contributed by atoms with Gasteiger partial charge in [0.1, 0.15) is 5.69 Å². The Labute approximate surface area is 120 Å². The van der Waals surface area contributed by atoms with E-state index in [1.165, 1.54) is 12.6 Å². The van der Waals surface area contributed by atoms with Crippen LogP contribution in [0.1, 0.15) is 43.6 Å². The average Bonchev–Trinajstić information content (AvgIpc) is 2.28. The van der Waals surface area contributed by atoms with Gasteiger partial charge in [-0.25, -0.2) is 4.98 Å². The van der Waals surface area contributed by atoms with Crippen molar-refractivity contribution in [3.63, 3.8) is 0 Å². The predicted molar refractivity (Wildman–Crippen MR) is 79.3 cm³/mol. The third-order valence-electron chi connectivity index (χ3n) is 3.53. The molecule has 1 aromatic heterocycles. The SMILES string of the molecule is CC1CC(C)CC(NC(=O)c2ccc(N)cn2)C1.Cl. The third-order valence-corrected chi connectivity index (χ3v) is 3.53. The number of aromatic nitrogens is 1. The quantitative estimate of drug-likeness (QED) is 0.877. The van der Waals surface area contributed by atoms with Gasteiger partial charge in [0, 0.05) is 6.04 Å². The predicted octanol–water partition coefficient (Wildman–Crippen LogP) is 2.64. The molecule has 1 aliphatic rings. The fraction of sp³-hybridized carbons (Fsp3) is 0.571. The van der Waals surface area contributed by atoms with Gasteiger partial charge < -0.3 is 11.1 Å². The molecule has 0 aromatic carbocycles. The number of carbonyl (C=O) groups is 1.